The minimum Gasteiger partial charge on any atom is -0.391 e. The Labute approximate surface area is 131 Å². The van der Waals surface area contributed by atoms with Crippen LogP contribution < -0.4 is 5.73 Å². The number of benzene rings is 2. The van der Waals surface area contributed by atoms with Gasteiger partial charge in [0.1, 0.15) is 0 Å². The van der Waals surface area contributed by atoms with E-state index in [1.807, 2.05) is 49.4 Å². The Balaban J connectivity index is 0.00000200. The fourth-order valence-electron chi connectivity index (χ4n) is 2.24. The van der Waals surface area contributed by atoms with Gasteiger partial charge in [-0.2, -0.15) is 0 Å². The number of rotatable bonds is 4. The van der Waals surface area contributed by atoms with Gasteiger partial charge in [-0.25, -0.2) is 0 Å². The van der Waals surface area contributed by atoms with Gasteiger partial charge in [0.25, 0.3) is 0 Å². The lowest BCUT2D eigenvalue weighted by molar-refractivity contribution is 0.145. The smallest absolute Gasteiger partial charge is 0.0773 e. The Morgan fingerprint density at radius 3 is 2.35 bits per heavy atom. The maximum absolute atomic E-state index is 10.3. The molecule has 2 atom stereocenters. The monoisotopic (exact) mass is 311 g/mol. The van der Waals surface area contributed by atoms with Gasteiger partial charge in [-0.05, 0) is 29.7 Å². The van der Waals surface area contributed by atoms with Gasteiger partial charge >= 0.3 is 0 Å². The zero-order valence-electron chi connectivity index (χ0n) is 11.3. The third-order valence-corrected chi connectivity index (χ3v) is 3.64. The molecule has 0 amide bonds. The molecule has 2 nitrogen and oxygen atoms in total. The van der Waals surface area contributed by atoms with Gasteiger partial charge in [-0.15, -0.1) is 12.4 Å². The van der Waals surface area contributed by atoms with Crippen molar-refractivity contribution in [3.8, 4) is 0 Å². The van der Waals surface area contributed by atoms with Gasteiger partial charge in [-0.1, -0.05) is 54.1 Å². The summed E-state index contributed by atoms with van der Waals surface area (Å²) < 4.78 is 0. The van der Waals surface area contributed by atoms with E-state index in [0.29, 0.717) is 11.4 Å². The van der Waals surface area contributed by atoms with Crippen molar-refractivity contribution in [1.82, 2.24) is 0 Å². The standard InChI is InChI=1S/C16H18ClNO.ClH/c1-11-6-5-9-13(17)15(11)16(18)14(19)10-12-7-3-2-4-8-12;/h2-9,14,16,19H,10,18H2,1H3;1H/t14-,16-;/m0./s1. The summed E-state index contributed by atoms with van der Waals surface area (Å²) in [5.41, 5.74) is 9.05. The summed E-state index contributed by atoms with van der Waals surface area (Å²) in [7, 11) is 0. The number of hydrogen-bond donors (Lipinski definition) is 2. The fourth-order valence-corrected chi connectivity index (χ4v) is 2.59. The van der Waals surface area contributed by atoms with E-state index in [9.17, 15) is 5.11 Å². The topological polar surface area (TPSA) is 46.2 Å². The lowest BCUT2D eigenvalue weighted by Crippen LogP contribution is -2.29. The Kier molecular flexibility index (Phi) is 6.50. The van der Waals surface area contributed by atoms with E-state index in [1.54, 1.807) is 6.07 Å². The van der Waals surface area contributed by atoms with Crippen LogP contribution in [0, 0.1) is 6.92 Å². The molecule has 0 unspecified atom stereocenters. The third kappa shape index (κ3) is 3.97. The molecule has 2 rings (SSSR count). The third-order valence-electron chi connectivity index (χ3n) is 3.31. The van der Waals surface area contributed by atoms with Gasteiger partial charge in [0, 0.05) is 11.4 Å². The normalized spacial score (nSPS) is 13.4. The van der Waals surface area contributed by atoms with Crippen molar-refractivity contribution >= 4 is 24.0 Å². The molecule has 0 saturated heterocycles. The second-order valence-electron chi connectivity index (χ2n) is 4.75. The predicted octanol–water partition coefficient (Wildman–Crippen LogP) is 3.67. The number of aliphatic hydroxyl groups is 1. The van der Waals surface area contributed by atoms with Gasteiger partial charge in [-0.3, -0.25) is 0 Å². The molecule has 20 heavy (non-hydrogen) atoms. The molecule has 0 aromatic heterocycles. The van der Waals surface area contributed by atoms with Crippen molar-refractivity contribution in [2.45, 2.75) is 25.5 Å². The van der Waals surface area contributed by atoms with Crippen LogP contribution in [0.4, 0.5) is 0 Å². The molecule has 0 fully saturated rings. The number of hydrogen-bond acceptors (Lipinski definition) is 2. The van der Waals surface area contributed by atoms with Crippen molar-refractivity contribution in [3.05, 3.63) is 70.2 Å². The van der Waals surface area contributed by atoms with Crippen molar-refractivity contribution in [1.29, 1.82) is 0 Å². The predicted molar refractivity (Wildman–Crippen MR) is 86.5 cm³/mol. The first-order valence-corrected chi connectivity index (χ1v) is 6.70. The molecular formula is C16H19Cl2NO. The molecule has 0 aliphatic heterocycles. The summed E-state index contributed by atoms with van der Waals surface area (Å²) in [5, 5.41) is 10.9. The summed E-state index contributed by atoms with van der Waals surface area (Å²) in [6, 6.07) is 15.0. The van der Waals surface area contributed by atoms with Crippen LogP contribution in [-0.4, -0.2) is 11.2 Å². The average Bonchev–Trinajstić information content (AvgIpc) is 2.39. The molecule has 0 spiro atoms. The lowest BCUT2D eigenvalue weighted by atomic mass is 9.94. The number of aryl methyl sites for hydroxylation is 1. The molecule has 0 aliphatic rings. The lowest BCUT2D eigenvalue weighted by Gasteiger charge is -2.22. The van der Waals surface area contributed by atoms with Crippen LogP contribution >= 0.6 is 24.0 Å². The van der Waals surface area contributed by atoms with E-state index >= 15 is 0 Å². The molecular weight excluding hydrogens is 293 g/mol. The molecule has 2 aromatic rings. The Hall–Kier alpha value is -1.06. The zero-order chi connectivity index (χ0) is 13.8. The highest BCUT2D eigenvalue weighted by molar-refractivity contribution is 6.31. The Morgan fingerprint density at radius 2 is 1.75 bits per heavy atom. The highest BCUT2D eigenvalue weighted by atomic mass is 35.5. The van der Waals surface area contributed by atoms with Gasteiger partial charge in [0.2, 0.25) is 0 Å². The first kappa shape index (κ1) is 17.0. The zero-order valence-corrected chi connectivity index (χ0v) is 12.9. The van der Waals surface area contributed by atoms with Crippen LogP contribution in [0.1, 0.15) is 22.7 Å². The summed E-state index contributed by atoms with van der Waals surface area (Å²) in [5.74, 6) is 0. The maximum Gasteiger partial charge on any atom is 0.0773 e. The van der Waals surface area contributed by atoms with Gasteiger partial charge in [0.15, 0.2) is 0 Å². The number of nitrogens with two attached hydrogens (primary N) is 1. The quantitative estimate of drug-likeness (QED) is 0.905. The molecule has 2 aromatic carbocycles. The highest BCUT2D eigenvalue weighted by Crippen LogP contribution is 2.28. The maximum atomic E-state index is 10.3. The summed E-state index contributed by atoms with van der Waals surface area (Å²) in [6.07, 6.45) is -0.131. The molecule has 0 aliphatic carbocycles. The minimum absolute atomic E-state index is 0. The van der Waals surface area contributed by atoms with Crippen molar-refractivity contribution in [3.63, 3.8) is 0 Å². The van der Waals surface area contributed by atoms with Crippen molar-refractivity contribution < 1.29 is 5.11 Å². The van der Waals surface area contributed by atoms with E-state index < -0.39 is 12.1 Å². The number of aliphatic hydroxyl groups excluding tert-OH is 1. The van der Waals surface area contributed by atoms with E-state index in [-0.39, 0.29) is 12.4 Å². The summed E-state index contributed by atoms with van der Waals surface area (Å²) >= 11 is 6.18. The molecule has 0 radical (unpaired) electrons. The first-order chi connectivity index (χ1) is 9.09. The van der Waals surface area contributed by atoms with Crippen molar-refractivity contribution in [2.24, 2.45) is 5.73 Å². The molecule has 0 saturated carbocycles. The number of halogens is 2. The van der Waals surface area contributed by atoms with E-state index in [0.717, 1.165) is 16.7 Å². The van der Waals surface area contributed by atoms with Gasteiger partial charge < -0.3 is 10.8 Å². The van der Waals surface area contributed by atoms with Crippen molar-refractivity contribution in [2.75, 3.05) is 0 Å². The largest absolute Gasteiger partial charge is 0.391 e. The molecule has 3 N–H and O–H groups in total. The molecule has 0 heterocycles. The van der Waals surface area contributed by atoms with Crippen LogP contribution in [-0.2, 0) is 6.42 Å². The van der Waals surface area contributed by atoms with E-state index in [2.05, 4.69) is 0 Å². The minimum atomic E-state index is -0.652. The molecule has 0 bridgehead atoms. The SMILES string of the molecule is Cc1cccc(Cl)c1[C@@H](N)[C@@H](O)Cc1ccccc1.Cl. The second kappa shape index (κ2) is 7.65. The van der Waals surface area contributed by atoms with Gasteiger partial charge in [0.05, 0.1) is 12.1 Å². The summed E-state index contributed by atoms with van der Waals surface area (Å²) in [6.45, 7) is 1.95. The van der Waals surface area contributed by atoms with E-state index in [4.69, 9.17) is 17.3 Å². The molecule has 4 heteroatoms. The molecule has 108 valence electrons. The van der Waals surface area contributed by atoms with E-state index in [1.165, 1.54) is 0 Å². The summed E-state index contributed by atoms with van der Waals surface area (Å²) in [4.78, 5) is 0. The van der Waals surface area contributed by atoms with Crippen LogP contribution in [0.5, 0.6) is 0 Å². The van der Waals surface area contributed by atoms with Crippen LogP contribution in [0.25, 0.3) is 0 Å². The average molecular weight is 312 g/mol. The van der Waals surface area contributed by atoms with Crippen LogP contribution in [0.15, 0.2) is 48.5 Å². The fraction of sp³-hybridized carbons (Fsp3) is 0.250. The second-order valence-corrected chi connectivity index (χ2v) is 5.16. The van der Waals surface area contributed by atoms with Crippen LogP contribution in [0.2, 0.25) is 5.02 Å². The Bertz CT molecular complexity index is 525. The van der Waals surface area contributed by atoms with Crippen LogP contribution in [0.3, 0.4) is 0 Å². The Morgan fingerprint density at radius 1 is 1.10 bits per heavy atom. The first-order valence-electron chi connectivity index (χ1n) is 6.32. The highest BCUT2D eigenvalue weighted by Gasteiger charge is 2.21.